The van der Waals surface area contributed by atoms with Crippen molar-refractivity contribution < 1.29 is 0 Å². The maximum Gasteiger partial charge on any atom is 0.240 e. The van der Waals surface area contributed by atoms with Crippen LogP contribution < -0.4 is 0 Å². The molecular formula is C55H35N7. The molecule has 13 rings (SSSR count). The van der Waals surface area contributed by atoms with Crippen molar-refractivity contribution in [3.05, 3.63) is 213 Å². The number of fused-ring (bicyclic) bond motifs is 10. The van der Waals surface area contributed by atoms with Gasteiger partial charge in [0.1, 0.15) is 0 Å². The third kappa shape index (κ3) is 5.15. The van der Waals surface area contributed by atoms with Crippen LogP contribution in [-0.2, 0) is 0 Å². The second-order valence-electron chi connectivity index (χ2n) is 15.7. The Kier molecular flexibility index (Phi) is 7.47. The van der Waals surface area contributed by atoms with E-state index in [1.54, 1.807) is 0 Å². The van der Waals surface area contributed by atoms with E-state index in [0.717, 1.165) is 93.5 Å². The van der Waals surface area contributed by atoms with Crippen LogP contribution >= 0.6 is 0 Å². The van der Waals surface area contributed by atoms with Gasteiger partial charge in [-0.25, -0.2) is 0 Å². The molecule has 0 unspecified atom stereocenters. The molecule has 7 heteroatoms. The lowest BCUT2D eigenvalue weighted by Crippen LogP contribution is -2.11. The summed E-state index contributed by atoms with van der Waals surface area (Å²) >= 11 is 0. The third-order valence-electron chi connectivity index (χ3n) is 12.3. The van der Waals surface area contributed by atoms with Crippen LogP contribution in [0.3, 0.4) is 0 Å². The summed E-state index contributed by atoms with van der Waals surface area (Å²) in [6, 6.07) is 70.5. The van der Waals surface area contributed by atoms with Gasteiger partial charge in [-0.15, -0.1) is 0 Å². The minimum Gasteiger partial charge on any atom is -0.315 e. The fourth-order valence-electron chi connectivity index (χ4n) is 9.49. The Morgan fingerprint density at radius 1 is 0.290 bits per heavy atom. The van der Waals surface area contributed by atoms with E-state index in [1.165, 1.54) is 0 Å². The van der Waals surface area contributed by atoms with Gasteiger partial charge in [0, 0.05) is 61.6 Å². The quantitative estimate of drug-likeness (QED) is 0.168. The third-order valence-corrected chi connectivity index (χ3v) is 12.3. The van der Waals surface area contributed by atoms with Crippen LogP contribution in [0.15, 0.2) is 213 Å². The van der Waals surface area contributed by atoms with Crippen LogP contribution in [0.4, 0.5) is 0 Å². The molecule has 0 radical (unpaired) electrons. The predicted molar refractivity (Wildman–Crippen MR) is 253 cm³/mol. The molecule has 0 aliphatic carbocycles. The fourth-order valence-corrected chi connectivity index (χ4v) is 9.49. The van der Waals surface area contributed by atoms with Gasteiger partial charge in [-0.05, 0) is 59.7 Å². The van der Waals surface area contributed by atoms with Gasteiger partial charge in [-0.1, -0.05) is 152 Å². The van der Waals surface area contributed by atoms with Crippen LogP contribution in [-0.4, -0.2) is 33.2 Å². The second-order valence-corrected chi connectivity index (χ2v) is 15.7. The Morgan fingerprint density at radius 2 is 0.710 bits per heavy atom. The van der Waals surface area contributed by atoms with Crippen LogP contribution in [0.2, 0.25) is 0 Å². The number of nitrogens with zero attached hydrogens (tertiary/aromatic N) is 7. The lowest BCUT2D eigenvalue weighted by atomic mass is 10.0. The van der Waals surface area contributed by atoms with Crippen molar-refractivity contribution in [1.29, 1.82) is 0 Å². The lowest BCUT2D eigenvalue weighted by Gasteiger charge is -2.15. The molecule has 0 saturated heterocycles. The molecule has 8 aromatic carbocycles. The molecule has 0 aliphatic heterocycles. The van der Waals surface area contributed by atoms with Crippen molar-refractivity contribution >= 4 is 65.4 Å². The number of hydrogen-bond donors (Lipinski definition) is 0. The molecule has 0 saturated carbocycles. The van der Waals surface area contributed by atoms with Gasteiger partial charge < -0.3 is 9.13 Å². The standard InChI is InChI=1S/C55H35N7/c1-4-14-36(15-5-1)37-24-26-40(27-25-37)53-56-54(61-47-22-12-10-20-43(47)45-30-28-38-32-34-59(49(38)51(45)61)41-16-6-2-7-17-41)58-55(57-53)62-48-23-13-11-21-44(48)46-31-29-39-33-35-60(50(39)52(46)62)42-18-8-3-9-19-42/h1-35H. The minimum absolute atomic E-state index is 0.535. The number of benzene rings is 8. The molecular weight excluding hydrogens is 759 g/mol. The second kappa shape index (κ2) is 13.5. The molecule has 7 nitrogen and oxygen atoms in total. The number of rotatable bonds is 6. The molecule has 0 aliphatic rings. The van der Waals surface area contributed by atoms with E-state index in [9.17, 15) is 0 Å². The largest absolute Gasteiger partial charge is 0.315 e. The van der Waals surface area contributed by atoms with Gasteiger partial charge in [0.25, 0.3) is 0 Å². The van der Waals surface area contributed by atoms with Crippen LogP contribution in [0.5, 0.6) is 0 Å². The summed E-state index contributed by atoms with van der Waals surface area (Å²) in [4.78, 5) is 16.5. The van der Waals surface area contributed by atoms with E-state index in [0.29, 0.717) is 17.7 Å². The molecule has 13 aromatic rings. The summed E-state index contributed by atoms with van der Waals surface area (Å²) in [5, 5.41) is 6.75. The maximum absolute atomic E-state index is 5.58. The lowest BCUT2D eigenvalue weighted by molar-refractivity contribution is 0.893. The molecule has 290 valence electrons. The van der Waals surface area contributed by atoms with Gasteiger partial charge in [-0.2, -0.15) is 15.0 Å². The van der Waals surface area contributed by atoms with Crippen LogP contribution in [0.25, 0.3) is 111 Å². The monoisotopic (exact) mass is 793 g/mol. The van der Waals surface area contributed by atoms with Gasteiger partial charge in [0.05, 0.1) is 33.1 Å². The summed E-state index contributed by atoms with van der Waals surface area (Å²) in [6.07, 6.45) is 4.32. The zero-order chi connectivity index (χ0) is 40.7. The van der Waals surface area contributed by atoms with E-state index in [4.69, 9.17) is 15.0 Å². The van der Waals surface area contributed by atoms with Crippen molar-refractivity contribution in [1.82, 2.24) is 33.2 Å². The summed E-state index contributed by atoms with van der Waals surface area (Å²) in [5.41, 5.74) is 11.6. The average molecular weight is 794 g/mol. The molecule has 0 fully saturated rings. The molecule has 0 amide bonds. The van der Waals surface area contributed by atoms with Crippen molar-refractivity contribution in [3.8, 4) is 45.8 Å². The molecule has 0 bridgehead atoms. The number of aromatic nitrogens is 7. The summed E-state index contributed by atoms with van der Waals surface area (Å²) in [5.74, 6) is 1.65. The molecule has 0 N–H and O–H groups in total. The smallest absolute Gasteiger partial charge is 0.240 e. The van der Waals surface area contributed by atoms with Crippen molar-refractivity contribution in [2.75, 3.05) is 0 Å². The molecule has 62 heavy (non-hydrogen) atoms. The normalized spacial score (nSPS) is 11.9. The molecule has 5 heterocycles. The highest BCUT2D eigenvalue weighted by Crippen LogP contribution is 2.40. The van der Waals surface area contributed by atoms with Crippen molar-refractivity contribution in [2.24, 2.45) is 0 Å². The van der Waals surface area contributed by atoms with Gasteiger partial charge in [0.15, 0.2) is 5.82 Å². The van der Waals surface area contributed by atoms with Crippen LogP contribution in [0.1, 0.15) is 0 Å². The number of hydrogen-bond acceptors (Lipinski definition) is 3. The SMILES string of the molecule is c1ccc(-c2ccc(-c3nc(-n4c5ccccc5c5ccc6ccn(-c7ccccc7)c6c54)nc(-n4c5ccccc5c5ccc6ccn(-c7ccccc7)c6c54)n3)cc2)cc1. The highest BCUT2D eigenvalue weighted by Gasteiger charge is 2.24. The highest BCUT2D eigenvalue weighted by atomic mass is 15.3. The van der Waals surface area contributed by atoms with Crippen LogP contribution in [0, 0.1) is 0 Å². The molecule has 0 spiro atoms. The van der Waals surface area contributed by atoms with E-state index in [2.05, 4.69) is 225 Å². The summed E-state index contributed by atoms with van der Waals surface area (Å²) in [6.45, 7) is 0. The van der Waals surface area contributed by atoms with E-state index < -0.39 is 0 Å². The minimum atomic E-state index is 0.535. The van der Waals surface area contributed by atoms with Gasteiger partial charge in [-0.3, -0.25) is 9.13 Å². The zero-order valence-corrected chi connectivity index (χ0v) is 33.3. The first-order chi connectivity index (χ1) is 30.8. The average Bonchev–Trinajstić information content (AvgIpc) is 4.13. The van der Waals surface area contributed by atoms with Gasteiger partial charge in [0.2, 0.25) is 11.9 Å². The van der Waals surface area contributed by atoms with E-state index in [-0.39, 0.29) is 0 Å². The Hall–Kier alpha value is -8.55. The first-order valence-corrected chi connectivity index (χ1v) is 20.9. The first-order valence-electron chi connectivity index (χ1n) is 20.9. The van der Waals surface area contributed by atoms with E-state index >= 15 is 0 Å². The Labute approximate surface area is 355 Å². The predicted octanol–water partition coefficient (Wildman–Crippen LogP) is 13.3. The molecule has 5 aromatic heterocycles. The van der Waals surface area contributed by atoms with Crippen molar-refractivity contribution in [2.45, 2.75) is 0 Å². The Bertz CT molecular complexity index is 3630. The maximum atomic E-state index is 5.58. The fraction of sp³-hybridized carbons (Fsp3) is 0. The Balaban J connectivity index is 1.16. The summed E-state index contributed by atoms with van der Waals surface area (Å²) < 4.78 is 9.05. The first kappa shape index (κ1) is 34.3. The summed E-state index contributed by atoms with van der Waals surface area (Å²) in [7, 11) is 0. The van der Waals surface area contributed by atoms with E-state index in [1.807, 2.05) is 6.07 Å². The highest BCUT2D eigenvalue weighted by molar-refractivity contribution is 6.19. The zero-order valence-electron chi connectivity index (χ0n) is 33.3. The molecule has 0 atom stereocenters. The van der Waals surface area contributed by atoms with Crippen molar-refractivity contribution in [3.63, 3.8) is 0 Å². The topological polar surface area (TPSA) is 58.4 Å². The van der Waals surface area contributed by atoms with Gasteiger partial charge >= 0.3 is 0 Å². The number of para-hydroxylation sites is 4. The Morgan fingerprint density at radius 3 is 1.21 bits per heavy atom.